The summed E-state index contributed by atoms with van der Waals surface area (Å²) in [7, 11) is 0. The monoisotopic (exact) mass is 347 g/mol. The number of ether oxygens (including phenoxy) is 1. The molecule has 1 N–H and O–H groups in total. The summed E-state index contributed by atoms with van der Waals surface area (Å²) >= 11 is 1.94. The molecule has 8 heteroatoms. The standard InChI is InChI=1S/C16H21N5O2S/c1-2-21-15(18-19-20-21)11-23-14-5-3-4-12(10-14)16(22)17-13-6-8-24-9-7-13/h3-5,10,13H,2,6-9,11H2,1H3,(H,17,22). The molecule has 0 radical (unpaired) electrons. The van der Waals surface area contributed by atoms with Crippen LogP contribution in [0.15, 0.2) is 24.3 Å². The lowest BCUT2D eigenvalue weighted by Crippen LogP contribution is -2.37. The highest BCUT2D eigenvalue weighted by Crippen LogP contribution is 2.19. The van der Waals surface area contributed by atoms with Crippen molar-refractivity contribution in [2.75, 3.05) is 11.5 Å². The van der Waals surface area contributed by atoms with E-state index in [0.717, 1.165) is 24.3 Å². The van der Waals surface area contributed by atoms with Crippen molar-refractivity contribution in [3.63, 3.8) is 0 Å². The maximum Gasteiger partial charge on any atom is 0.251 e. The molecular formula is C16H21N5O2S. The number of hydrogen-bond donors (Lipinski definition) is 1. The molecule has 1 aliphatic heterocycles. The fourth-order valence-electron chi connectivity index (χ4n) is 2.56. The summed E-state index contributed by atoms with van der Waals surface area (Å²) in [6.45, 7) is 2.92. The molecule has 1 amide bonds. The smallest absolute Gasteiger partial charge is 0.251 e. The molecule has 7 nitrogen and oxygen atoms in total. The first-order chi connectivity index (χ1) is 11.8. The Bertz CT molecular complexity index is 685. The number of aromatic nitrogens is 4. The Hall–Kier alpha value is -2.09. The van der Waals surface area contributed by atoms with E-state index in [-0.39, 0.29) is 18.6 Å². The summed E-state index contributed by atoms with van der Waals surface area (Å²) in [5.41, 5.74) is 0.612. The summed E-state index contributed by atoms with van der Waals surface area (Å²) in [5.74, 6) is 3.47. The second-order valence-electron chi connectivity index (χ2n) is 5.59. The summed E-state index contributed by atoms with van der Waals surface area (Å²) < 4.78 is 7.41. The molecule has 0 spiro atoms. The van der Waals surface area contributed by atoms with Crippen LogP contribution in [0.5, 0.6) is 5.75 Å². The summed E-state index contributed by atoms with van der Waals surface area (Å²) in [5, 5.41) is 14.5. The van der Waals surface area contributed by atoms with Gasteiger partial charge in [0.15, 0.2) is 5.82 Å². The van der Waals surface area contributed by atoms with Gasteiger partial charge in [0.1, 0.15) is 12.4 Å². The van der Waals surface area contributed by atoms with Crippen molar-refractivity contribution in [2.24, 2.45) is 0 Å². The molecule has 1 aromatic carbocycles. The molecule has 128 valence electrons. The molecule has 1 aliphatic rings. The van der Waals surface area contributed by atoms with Crippen LogP contribution in [0.1, 0.15) is 35.9 Å². The molecule has 2 heterocycles. The van der Waals surface area contributed by atoms with Crippen LogP contribution < -0.4 is 10.1 Å². The van der Waals surface area contributed by atoms with Crippen LogP contribution in [-0.2, 0) is 13.2 Å². The van der Waals surface area contributed by atoms with Gasteiger partial charge in [-0.15, -0.1) is 5.10 Å². The minimum atomic E-state index is -0.0456. The highest BCUT2D eigenvalue weighted by molar-refractivity contribution is 7.99. The van der Waals surface area contributed by atoms with E-state index in [1.165, 1.54) is 0 Å². The predicted octanol–water partition coefficient (Wildman–Crippen LogP) is 1.90. The Balaban J connectivity index is 1.60. The molecule has 0 bridgehead atoms. The zero-order valence-corrected chi connectivity index (χ0v) is 14.5. The molecule has 1 saturated heterocycles. The van der Waals surface area contributed by atoms with E-state index in [1.54, 1.807) is 16.8 Å². The number of benzene rings is 1. The van der Waals surface area contributed by atoms with Gasteiger partial charge < -0.3 is 10.1 Å². The number of tetrazole rings is 1. The summed E-state index contributed by atoms with van der Waals surface area (Å²) in [4.78, 5) is 12.4. The highest BCUT2D eigenvalue weighted by atomic mass is 32.2. The molecule has 1 fully saturated rings. The van der Waals surface area contributed by atoms with Gasteiger partial charge in [0, 0.05) is 18.2 Å². The van der Waals surface area contributed by atoms with Crippen molar-refractivity contribution in [1.29, 1.82) is 0 Å². The van der Waals surface area contributed by atoms with Crippen LogP contribution in [0.3, 0.4) is 0 Å². The highest BCUT2D eigenvalue weighted by Gasteiger charge is 2.17. The van der Waals surface area contributed by atoms with Crippen molar-refractivity contribution in [1.82, 2.24) is 25.5 Å². The van der Waals surface area contributed by atoms with Crippen molar-refractivity contribution >= 4 is 17.7 Å². The number of nitrogens with one attached hydrogen (secondary N) is 1. The molecule has 3 rings (SSSR count). The maximum atomic E-state index is 12.4. The number of carbonyl (C=O) groups is 1. The topological polar surface area (TPSA) is 81.9 Å². The lowest BCUT2D eigenvalue weighted by Gasteiger charge is -2.22. The molecule has 0 atom stereocenters. The minimum absolute atomic E-state index is 0.0456. The van der Waals surface area contributed by atoms with Crippen LogP contribution in [0.2, 0.25) is 0 Å². The van der Waals surface area contributed by atoms with Crippen LogP contribution >= 0.6 is 11.8 Å². The van der Waals surface area contributed by atoms with E-state index in [2.05, 4.69) is 20.8 Å². The molecule has 2 aromatic rings. The number of nitrogens with zero attached hydrogens (tertiary/aromatic N) is 4. The summed E-state index contributed by atoms with van der Waals surface area (Å²) in [6.07, 6.45) is 2.07. The number of amides is 1. The largest absolute Gasteiger partial charge is 0.486 e. The van der Waals surface area contributed by atoms with Crippen molar-refractivity contribution in [3.8, 4) is 5.75 Å². The van der Waals surface area contributed by atoms with Gasteiger partial charge in [0.2, 0.25) is 0 Å². The zero-order valence-electron chi connectivity index (χ0n) is 13.6. The molecule has 0 saturated carbocycles. The minimum Gasteiger partial charge on any atom is -0.486 e. The van der Waals surface area contributed by atoms with Crippen molar-refractivity contribution in [3.05, 3.63) is 35.7 Å². The van der Waals surface area contributed by atoms with Crippen LogP contribution in [0, 0.1) is 0 Å². The normalized spacial score (nSPS) is 15.2. The van der Waals surface area contributed by atoms with Crippen molar-refractivity contribution in [2.45, 2.75) is 39.0 Å². The van der Waals surface area contributed by atoms with Crippen molar-refractivity contribution < 1.29 is 9.53 Å². The van der Waals surface area contributed by atoms with E-state index in [0.29, 0.717) is 23.7 Å². The maximum absolute atomic E-state index is 12.4. The van der Waals surface area contributed by atoms with E-state index in [4.69, 9.17) is 4.74 Å². The molecule has 1 aromatic heterocycles. The predicted molar refractivity (Wildman–Crippen MR) is 92.1 cm³/mol. The Morgan fingerprint density at radius 2 is 2.25 bits per heavy atom. The first kappa shape index (κ1) is 16.8. The molecule has 24 heavy (non-hydrogen) atoms. The Kier molecular flexibility index (Phi) is 5.68. The first-order valence-electron chi connectivity index (χ1n) is 8.12. The third-order valence-electron chi connectivity index (χ3n) is 3.93. The number of thioether (sulfide) groups is 1. The average Bonchev–Trinajstić information content (AvgIpc) is 3.08. The Morgan fingerprint density at radius 1 is 1.42 bits per heavy atom. The fourth-order valence-corrected chi connectivity index (χ4v) is 3.66. The van der Waals surface area contributed by atoms with Gasteiger partial charge in [-0.2, -0.15) is 11.8 Å². The number of aryl methyl sites for hydroxylation is 1. The Labute approximate surface area is 145 Å². The first-order valence-corrected chi connectivity index (χ1v) is 9.28. The average molecular weight is 347 g/mol. The van der Waals surface area contributed by atoms with Gasteiger partial charge in [-0.05, 0) is 59.9 Å². The van der Waals surface area contributed by atoms with E-state index in [9.17, 15) is 4.79 Å². The fraction of sp³-hybridized carbons (Fsp3) is 0.500. The van der Waals surface area contributed by atoms with Gasteiger partial charge in [0.25, 0.3) is 5.91 Å². The molecular weight excluding hydrogens is 326 g/mol. The van der Waals surface area contributed by atoms with Crippen LogP contribution in [0.25, 0.3) is 0 Å². The molecule has 0 unspecified atom stereocenters. The second kappa shape index (κ2) is 8.14. The van der Waals surface area contributed by atoms with Gasteiger partial charge in [-0.1, -0.05) is 6.07 Å². The van der Waals surface area contributed by atoms with E-state index in [1.807, 2.05) is 30.8 Å². The number of carbonyl (C=O) groups excluding carboxylic acids is 1. The SMILES string of the molecule is CCn1nnnc1COc1cccc(C(=O)NC2CCSCC2)c1. The van der Waals surface area contributed by atoms with Gasteiger partial charge >= 0.3 is 0 Å². The third kappa shape index (κ3) is 4.25. The van der Waals surface area contributed by atoms with Gasteiger partial charge in [-0.3, -0.25) is 4.79 Å². The van der Waals surface area contributed by atoms with E-state index < -0.39 is 0 Å². The summed E-state index contributed by atoms with van der Waals surface area (Å²) in [6, 6.07) is 7.48. The van der Waals surface area contributed by atoms with Crippen LogP contribution in [-0.4, -0.2) is 43.7 Å². The Morgan fingerprint density at radius 3 is 3.04 bits per heavy atom. The van der Waals surface area contributed by atoms with Gasteiger partial charge in [-0.25, -0.2) is 4.68 Å². The second-order valence-corrected chi connectivity index (χ2v) is 6.81. The third-order valence-corrected chi connectivity index (χ3v) is 4.98. The zero-order chi connectivity index (χ0) is 16.8. The molecule has 0 aliphatic carbocycles. The van der Waals surface area contributed by atoms with Gasteiger partial charge in [0.05, 0.1) is 0 Å². The van der Waals surface area contributed by atoms with Crippen LogP contribution in [0.4, 0.5) is 0 Å². The van der Waals surface area contributed by atoms with E-state index >= 15 is 0 Å². The number of rotatable bonds is 6. The lowest BCUT2D eigenvalue weighted by molar-refractivity contribution is 0.0934. The lowest BCUT2D eigenvalue weighted by atomic mass is 10.1. The quantitative estimate of drug-likeness (QED) is 0.859. The number of hydrogen-bond acceptors (Lipinski definition) is 6.